The van der Waals surface area contributed by atoms with Gasteiger partial charge >= 0.3 is 0 Å². The highest BCUT2D eigenvalue weighted by molar-refractivity contribution is 5.46. The molecule has 2 aromatic carbocycles. The molecular weight excluding hydrogens is 338 g/mol. The molecule has 2 heteroatoms. The van der Waals surface area contributed by atoms with Crippen molar-refractivity contribution >= 4 is 0 Å². The fourth-order valence-electron chi connectivity index (χ4n) is 3.52. The smallest absolute Gasteiger partial charge is 0.142 e. The van der Waals surface area contributed by atoms with Crippen LogP contribution in [0.4, 0.5) is 8.78 Å². The lowest BCUT2D eigenvalue weighted by Crippen LogP contribution is -2.13. The van der Waals surface area contributed by atoms with E-state index in [1.165, 1.54) is 0 Å². The number of benzene rings is 2. The standard InChI is InChI=1S/C25H28F2/c1-3-5-19-10-13-21(14-11-19)22-16-24(26)23(25(27)17-22)15-12-20-8-6-18(4-2)7-9-20/h6-9,16-17,19,21H,3-5,10-11,13-14H2,1-2H3/i13D,14D2. The van der Waals surface area contributed by atoms with E-state index in [-0.39, 0.29) is 17.0 Å². The van der Waals surface area contributed by atoms with E-state index in [9.17, 15) is 8.78 Å². The monoisotopic (exact) mass is 369 g/mol. The van der Waals surface area contributed by atoms with Gasteiger partial charge in [-0.3, -0.25) is 0 Å². The second kappa shape index (κ2) is 9.18. The van der Waals surface area contributed by atoms with Gasteiger partial charge in [0, 0.05) is 9.68 Å². The predicted octanol–water partition coefficient (Wildman–Crippen LogP) is 7.00. The number of hydrogen-bond acceptors (Lipinski definition) is 0. The van der Waals surface area contributed by atoms with E-state index >= 15 is 0 Å². The van der Waals surface area contributed by atoms with Crippen LogP contribution in [0.3, 0.4) is 0 Å². The van der Waals surface area contributed by atoms with E-state index < -0.39 is 30.3 Å². The van der Waals surface area contributed by atoms with Crippen molar-refractivity contribution in [2.24, 2.45) is 5.92 Å². The van der Waals surface area contributed by atoms with E-state index in [1.54, 1.807) is 0 Å². The van der Waals surface area contributed by atoms with Gasteiger partial charge in [0.05, 0.1) is 5.56 Å². The van der Waals surface area contributed by atoms with Crippen LogP contribution >= 0.6 is 0 Å². The van der Waals surface area contributed by atoms with Crippen LogP contribution in [-0.4, -0.2) is 0 Å². The van der Waals surface area contributed by atoms with Gasteiger partial charge in [0.15, 0.2) is 0 Å². The zero-order chi connectivity index (χ0) is 21.9. The maximum absolute atomic E-state index is 14.7. The van der Waals surface area contributed by atoms with E-state index in [4.69, 9.17) is 4.11 Å². The molecule has 1 fully saturated rings. The summed E-state index contributed by atoms with van der Waals surface area (Å²) in [6.45, 7) is 4.09. The highest BCUT2D eigenvalue weighted by Crippen LogP contribution is 2.38. The Kier molecular flexibility index (Phi) is 5.40. The van der Waals surface area contributed by atoms with Gasteiger partial charge in [-0.25, -0.2) is 8.78 Å². The lowest BCUT2D eigenvalue weighted by Gasteiger charge is -2.28. The summed E-state index contributed by atoms with van der Waals surface area (Å²) in [5, 5.41) is 0. The van der Waals surface area contributed by atoms with Crippen LogP contribution in [0.15, 0.2) is 36.4 Å². The topological polar surface area (TPSA) is 0 Å². The molecule has 27 heavy (non-hydrogen) atoms. The second-order valence-electron chi connectivity index (χ2n) is 7.17. The van der Waals surface area contributed by atoms with Gasteiger partial charge in [-0.15, -0.1) is 0 Å². The number of hydrogen-bond donors (Lipinski definition) is 0. The number of rotatable bonds is 4. The second-order valence-corrected chi connectivity index (χ2v) is 7.17. The molecular formula is C25H28F2. The Hall–Kier alpha value is -2.14. The maximum atomic E-state index is 14.7. The Bertz CT molecular complexity index is 918. The Morgan fingerprint density at radius 3 is 2.33 bits per heavy atom. The van der Waals surface area contributed by atoms with Crippen molar-refractivity contribution in [2.75, 3.05) is 0 Å². The molecule has 0 heterocycles. The largest absolute Gasteiger partial charge is 0.206 e. The molecule has 3 unspecified atom stereocenters. The van der Waals surface area contributed by atoms with Gasteiger partial charge in [0.1, 0.15) is 11.6 Å². The zero-order valence-corrected chi connectivity index (χ0v) is 16.0. The van der Waals surface area contributed by atoms with Crippen LogP contribution in [0.5, 0.6) is 0 Å². The van der Waals surface area contributed by atoms with Gasteiger partial charge < -0.3 is 0 Å². The summed E-state index contributed by atoms with van der Waals surface area (Å²) in [6, 6.07) is 9.85. The molecule has 0 saturated heterocycles. The van der Waals surface area contributed by atoms with Gasteiger partial charge in [0.2, 0.25) is 0 Å². The van der Waals surface area contributed by atoms with Crippen LogP contribution in [0, 0.1) is 29.4 Å². The lowest BCUT2D eigenvalue weighted by molar-refractivity contribution is 0.307. The van der Waals surface area contributed by atoms with E-state index in [2.05, 4.69) is 11.8 Å². The first kappa shape index (κ1) is 15.9. The van der Waals surface area contributed by atoms with Gasteiger partial charge in [-0.2, -0.15) is 0 Å². The summed E-state index contributed by atoms with van der Waals surface area (Å²) in [6.07, 6.45) is 1.20. The molecule has 0 nitrogen and oxygen atoms in total. The lowest BCUT2D eigenvalue weighted by atomic mass is 9.77. The summed E-state index contributed by atoms with van der Waals surface area (Å²) < 4.78 is 54.8. The average molecular weight is 370 g/mol. The quantitative estimate of drug-likeness (QED) is 0.509. The summed E-state index contributed by atoms with van der Waals surface area (Å²) >= 11 is 0. The Balaban J connectivity index is 1.88. The van der Waals surface area contributed by atoms with Crippen molar-refractivity contribution in [2.45, 2.75) is 64.6 Å². The summed E-state index contributed by atoms with van der Waals surface area (Å²) in [5.74, 6) is 3.06. The highest BCUT2D eigenvalue weighted by atomic mass is 19.1. The van der Waals surface area contributed by atoms with Gasteiger partial charge in [-0.1, -0.05) is 50.7 Å². The molecule has 0 radical (unpaired) electrons. The van der Waals surface area contributed by atoms with Crippen LogP contribution in [0.25, 0.3) is 0 Å². The zero-order valence-electron chi connectivity index (χ0n) is 19.0. The SMILES string of the molecule is [2H]C1CC(CCC)CC([2H])([2H])C1c1cc(F)c(C#Cc2ccc(CC)cc2)c(F)c1. The van der Waals surface area contributed by atoms with Gasteiger partial charge in [0.25, 0.3) is 0 Å². The summed E-state index contributed by atoms with van der Waals surface area (Å²) in [7, 11) is 0. The van der Waals surface area contributed by atoms with E-state index in [0.717, 1.165) is 37.0 Å². The van der Waals surface area contributed by atoms with Crippen molar-refractivity contribution in [3.05, 3.63) is 70.3 Å². The first-order chi connectivity index (χ1) is 14.2. The van der Waals surface area contributed by atoms with Gasteiger partial charge in [-0.05, 0) is 79.3 Å². The fourth-order valence-corrected chi connectivity index (χ4v) is 3.52. The molecule has 2 aromatic rings. The molecule has 1 aliphatic carbocycles. The number of aryl methyl sites for hydroxylation is 1. The van der Waals surface area contributed by atoms with Crippen molar-refractivity contribution < 1.29 is 12.9 Å². The van der Waals surface area contributed by atoms with Crippen molar-refractivity contribution in [3.63, 3.8) is 0 Å². The van der Waals surface area contributed by atoms with Crippen molar-refractivity contribution in [1.82, 2.24) is 0 Å². The molecule has 1 aliphatic rings. The van der Waals surface area contributed by atoms with E-state index in [1.807, 2.05) is 38.1 Å². The molecule has 142 valence electrons. The van der Waals surface area contributed by atoms with Crippen LogP contribution in [-0.2, 0) is 6.42 Å². The minimum Gasteiger partial charge on any atom is -0.206 e. The summed E-state index contributed by atoms with van der Waals surface area (Å²) in [5.41, 5.74) is 1.73. The molecule has 0 aliphatic heterocycles. The van der Waals surface area contributed by atoms with E-state index in [0.29, 0.717) is 18.4 Å². The average Bonchev–Trinajstić information content (AvgIpc) is 2.67. The molecule has 0 bridgehead atoms. The molecule has 0 N–H and O–H groups in total. The van der Waals surface area contributed by atoms with Crippen LogP contribution in [0.1, 0.15) is 84.6 Å². The van der Waals surface area contributed by atoms with Crippen LogP contribution in [0.2, 0.25) is 0 Å². The molecule has 3 atom stereocenters. The van der Waals surface area contributed by atoms with Crippen LogP contribution < -0.4 is 0 Å². The maximum Gasteiger partial charge on any atom is 0.142 e. The highest BCUT2D eigenvalue weighted by Gasteiger charge is 2.23. The molecule has 3 rings (SSSR count). The molecule has 0 amide bonds. The normalized spacial score (nSPS) is 25.6. The summed E-state index contributed by atoms with van der Waals surface area (Å²) in [4.78, 5) is 0. The third-order valence-electron chi connectivity index (χ3n) is 5.15. The third-order valence-corrected chi connectivity index (χ3v) is 5.15. The Morgan fingerprint density at radius 2 is 1.74 bits per heavy atom. The third kappa shape index (κ3) is 4.98. The minimum absolute atomic E-state index is 0.141. The minimum atomic E-state index is -1.67. The molecule has 0 spiro atoms. The predicted molar refractivity (Wildman–Crippen MR) is 108 cm³/mol. The Morgan fingerprint density at radius 1 is 1.04 bits per heavy atom. The fraction of sp³-hybridized carbons (Fsp3) is 0.440. The number of halogens is 2. The molecule has 0 aromatic heterocycles. The first-order valence-corrected chi connectivity index (χ1v) is 9.77. The Labute approximate surface area is 166 Å². The molecule has 1 saturated carbocycles. The first-order valence-electron chi connectivity index (χ1n) is 11.3. The van der Waals surface area contributed by atoms with Crippen molar-refractivity contribution in [1.29, 1.82) is 0 Å². The van der Waals surface area contributed by atoms with Crippen molar-refractivity contribution in [3.8, 4) is 11.8 Å².